The molecule has 0 bridgehead atoms. The van der Waals surface area contributed by atoms with Gasteiger partial charge in [-0.25, -0.2) is 0 Å². The van der Waals surface area contributed by atoms with Crippen LogP contribution < -0.4 is 4.90 Å². The maximum absolute atomic E-state index is 11.1. The first kappa shape index (κ1) is 17.9. The van der Waals surface area contributed by atoms with E-state index < -0.39 is 0 Å². The molecule has 1 unspecified atom stereocenters. The van der Waals surface area contributed by atoms with E-state index in [4.69, 9.17) is 0 Å². The lowest BCUT2D eigenvalue weighted by Crippen LogP contribution is -2.10. The molecule has 0 heterocycles. The van der Waals surface area contributed by atoms with E-state index in [0.717, 1.165) is 28.9 Å². The fraction of sp³-hybridized carbons (Fsp3) is 0.208. The number of carbonyl (C=O) groups excluding carboxylic acids is 1. The number of aldehydes is 1. The standard InChI is InChI=1S/C24H25NO/c1-17-5-10-22(11-6-17)25(24-12-7-18(2)19(3)15-24)23-13-8-21(9-14-23)20(4)16-26/h5-16,20H,1-4H3. The molecule has 0 aliphatic carbocycles. The fourth-order valence-corrected chi connectivity index (χ4v) is 3.01. The second-order valence-corrected chi connectivity index (χ2v) is 6.96. The molecule has 0 radical (unpaired) electrons. The van der Waals surface area contributed by atoms with Crippen LogP contribution in [0.4, 0.5) is 17.1 Å². The number of carbonyl (C=O) groups is 1. The van der Waals surface area contributed by atoms with Crippen molar-refractivity contribution >= 4 is 23.3 Å². The van der Waals surface area contributed by atoms with Gasteiger partial charge in [0.15, 0.2) is 0 Å². The van der Waals surface area contributed by atoms with Gasteiger partial charge in [0.2, 0.25) is 0 Å². The van der Waals surface area contributed by atoms with Crippen LogP contribution in [0.5, 0.6) is 0 Å². The van der Waals surface area contributed by atoms with Crippen LogP contribution in [-0.2, 0) is 4.79 Å². The normalized spacial score (nSPS) is 11.8. The van der Waals surface area contributed by atoms with Gasteiger partial charge in [-0.1, -0.05) is 42.8 Å². The Kier molecular flexibility index (Phi) is 5.22. The largest absolute Gasteiger partial charge is 0.310 e. The number of anilines is 3. The van der Waals surface area contributed by atoms with Crippen molar-refractivity contribution in [1.82, 2.24) is 0 Å². The number of aryl methyl sites for hydroxylation is 3. The van der Waals surface area contributed by atoms with Crippen molar-refractivity contribution in [2.45, 2.75) is 33.6 Å². The summed E-state index contributed by atoms with van der Waals surface area (Å²) in [6.07, 6.45) is 0.982. The molecule has 3 aromatic rings. The molecule has 3 aromatic carbocycles. The molecule has 0 amide bonds. The summed E-state index contributed by atoms with van der Waals surface area (Å²) in [6, 6.07) is 23.3. The Balaban J connectivity index is 2.09. The van der Waals surface area contributed by atoms with Gasteiger partial charge < -0.3 is 9.69 Å². The predicted molar refractivity (Wildman–Crippen MR) is 110 cm³/mol. The molecule has 2 heteroatoms. The van der Waals surface area contributed by atoms with E-state index in [9.17, 15) is 4.79 Å². The zero-order valence-corrected chi connectivity index (χ0v) is 15.9. The van der Waals surface area contributed by atoms with Crippen LogP contribution in [0.25, 0.3) is 0 Å². The van der Waals surface area contributed by atoms with Gasteiger partial charge in [-0.3, -0.25) is 0 Å². The Morgan fingerprint density at radius 3 is 1.81 bits per heavy atom. The SMILES string of the molecule is Cc1ccc(N(c2ccc(C(C)C=O)cc2)c2ccc(C)c(C)c2)cc1. The lowest BCUT2D eigenvalue weighted by molar-refractivity contribution is -0.108. The summed E-state index contributed by atoms with van der Waals surface area (Å²) in [4.78, 5) is 13.3. The van der Waals surface area contributed by atoms with Crippen LogP contribution >= 0.6 is 0 Å². The van der Waals surface area contributed by atoms with E-state index in [1.807, 2.05) is 19.1 Å². The van der Waals surface area contributed by atoms with Crippen molar-refractivity contribution in [1.29, 1.82) is 0 Å². The van der Waals surface area contributed by atoms with Crippen molar-refractivity contribution in [2.75, 3.05) is 4.90 Å². The monoisotopic (exact) mass is 343 g/mol. The first-order valence-corrected chi connectivity index (χ1v) is 8.99. The van der Waals surface area contributed by atoms with Crippen molar-refractivity contribution in [2.24, 2.45) is 0 Å². The average Bonchev–Trinajstić information content (AvgIpc) is 2.66. The van der Waals surface area contributed by atoms with Gasteiger partial charge in [0.25, 0.3) is 0 Å². The predicted octanol–water partition coefficient (Wildman–Crippen LogP) is 6.38. The third-order valence-electron chi connectivity index (χ3n) is 4.92. The Bertz CT molecular complexity index is 894. The highest BCUT2D eigenvalue weighted by molar-refractivity contribution is 5.77. The summed E-state index contributed by atoms with van der Waals surface area (Å²) in [5, 5.41) is 0. The number of benzene rings is 3. The van der Waals surface area contributed by atoms with Crippen molar-refractivity contribution < 1.29 is 4.79 Å². The topological polar surface area (TPSA) is 20.3 Å². The van der Waals surface area contributed by atoms with Crippen LogP contribution in [0, 0.1) is 20.8 Å². The highest BCUT2D eigenvalue weighted by Crippen LogP contribution is 2.35. The van der Waals surface area contributed by atoms with Crippen molar-refractivity contribution in [3.8, 4) is 0 Å². The molecule has 0 saturated heterocycles. The van der Waals surface area contributed by atoms with E-state index >= 15 is 0 Å². The van der Waals surface area contributed by atoms with E-state index in [1.54, 1.807) is 0 Å². The molecule has 1 atom stereocenters. The molecular weight excluding hydrogens is 318 g/mol. The minimum Gasteiger partial charge on any atom is -0.310 e. The zero-order valence-electron chi connectivity index (χ0n) is 15.9. The highest BCUT2D eigenvalue weighted by Gasteiger charge is 2.14. The second kappa shape index (κ2) is 7.57. The van der Waals surface area contributed by atoms with Crippen molar-refractivity contribution in [3.63, 3.8) is 0 Å². The summed E-state index contributed by atoms with van der Waals surface area (Å²) >= 11 is 0. The smallest absolute Gasteiger partial charge is 0.127 e. The molecule has 3 rings (SSSR count). The summed E-state index contributed by atoms with van der Waals surface area (Å²) < 4.78 is 0. The van der Waals surface area contributed by atoms with Gasteiger partial charge in [-0.2, -0.15) is 0 Å². The Morgan fingerprint density at radius 2 is 1.27 bits per heavy atom. The molecule has 0 saturated carbocycles. The van der Waals surface area contributed by atoms with Gasteiger partial charge in [0.05, 0.1) is 0 Å². The lowest BCUT2D eigenvalue weighted by atomic mass is 10.0. The first-order valence-electron chi connectivity index (χ1n) is 8.99. The van der Waals surface area contributed by atoms with E-state index in [-0.39, 0.29) is 5.92 Å². The Morgan fingerprint density at radius 1 is 0.731 bits per heavy atom. The summed E-state index contributed by atoms with van der Waals surface area (Å²) in [6.45, 7) is 8.29. The third-order valence-corrected chi connectivity index (χ3v) is 4.92. The van der Waals surface area contributed by atoms with E-state index in [2.05, 4.69) is 80.3 Å². The molecule has 0 spiro atoms. The molecule has 0 aliphatic heterocycles. The number of nitrogens with zero attached hydrogens (tertiary/aromatic N) is 1. The third kappa shape index (κ3) is 3.70. The van der Waals surface area contributed by atoms with Gasteiger partial charge in [-0.05, 0) is 73.9 Å². The quantitative estimate of drug-likeness (QED) is 0.501. The Hall–Kier alpha value is -2.87. The molecule has 0 N–H and O–H groups in total. The van der Waals surface area contributed by atoms with Gasteiger partial charge >= 0.3 is 0 Å². The molecule has 0 aliphatic rings. The number of rotatable bonds is 5. The molecular formula is C24H25NO. The molecule has 26 heavy (non-hydrogen) atoms. The Labute approximate surface area is 156 Å². The minimum absolute atomic E-state index is 0.0847. The highest BCUT2D eigenvalue weighted by atomic mass is 16.1. The number of hydrogen-bond donors (Lipinski definition) is 0. The van der Waals surface area contributed by atoms with Gasteiger partial charge in [0.1, 0.15) is 6.29 Å². The van der Waals surface area contributed by atoms with Gasteiger partial charge in [0, 0.05) is 23.0 Å². The minimum atomic E-state index is -0.0847. The van der Waals surface area contributed by atoms with Crippen LogP contribution in [0.15, 0.2) is 66.7 Å². The fourth-order valence-electron chi connectivity index (χ4n) is 3.01. The maximum atomic E-state index is 11.1. The summed E-state index contributed by atoms with van der Waals surface area (Å²) in [7, 11) is 0. The molecule has 0 fully saturated rings. The van der Waals surface area contributed by atoms with Gasteiger partial charge in [-0.15, -0.1) is 0 Å². The van der Waals surface area contributed by atoms with Crippen molar-refractivity contribution in [3.05, 3.63) is 89.0 Å². The summed E-state index contributed by atoms with van der Waals surface area (Å²) in [5.41, 5.74) is 8.16. The number of hydrogen-bond acceptors (Lipinski definition) is 2. The van der Waals surface area contributed by atoms with E-state index in [1.165, 1.54) is 16.7 Å². The maximum Gasteiger partial charge on any atom is 0.127 e. The van der Waals surface area contributed by atoms with E-state index in [0.29, 0.717) is 0 Å². The summed E-state index contributed by atoms with van der Waals surface area (Å²) in [5.74, 6) is -0.0847. The van der Waals surface area contributed by atoms with Crippen LogP contribution in [0.3, 0.4) is 0 Å². The molecule has 2 nitrogen and oxygen atoms in total. The zero-order chi connectivity index (χ0) is 18.7. The van der Waals surface area contributed by atoms with Crippen LogP contribution in [-0.4, -0.2) is 6.29 Å². The first-order chi connectivity index (χ1) is 12.5. The van der Waals surface area contributed by atoms with Crippen LogP contribution in [0.1, 0.15) is 35.1 Å². The van der Waals surface area contributed by atoms with Crippen LogP contribution in [0.2, 0.25) is 0 Å². The average molecular weight is 343 g/mol. The second-order valence-electron chi connectivity index (χ2n) is 6.96. The molecule has 132 valence electrons. The lowest BCUT2D eigenvalue weighted by Gasteiger charge is -2.26. The molecule has 0 aromatic heterocycles.